The van der Waals surface area contributed by atoms with Gasteiger partial charge in [-0.25, -0.2) is 4.39 Å². The van der Waals surface area contributed by atoms with Crippen LogP contribution in [0.2, 0.25) is 10.0 Å². The first-order valence-corrected chi connectivity index (χ1v) is 6.67. The van der Waals surface area contributed by atoms with Gasteiger partial charge in [0.1, 0.15) is 5.82 Å². The average molecular weight is 302 g/mol. The van der Waals surface area contributed by atoms with Gasteiger partial charge in [0.15, 0.2) is 0 Å². The van der Waals surface area contributed by atoms with Crippen molar-refractivity contribution in [3.8, 4) is 0 Å². The lowest BCUT2D eigenvalue weighted by Crippen LogP contribution is -2.06. The van der Waals surface area contributed by atoms with Gasteiger partial charge in [0.05, 0.1) is 33.7 Å². The van der Waals surface area contributed by atoms with Gasteiger partial charge in [0.2, 0.25) is 0 Å². The molecule has 6 heteroatoms. The molecule has 0 saturated heterocycles. The first-order valence-electron chi connectivity index (χ1n) is 5.92. The molecule has 0 atom stereocenters. The van der Waals surface area contributed by atoms with E-state index >= 15 is 0 Å². The molecule has 2 rings (SSSR count). The predicted molar refractivity (Wildman–Crippen MR) is 76.3 cm³/mol. The molecule has 1 aromatic heterocycles. The summed E-state index contributed by atoms with van der Waals surface area (Å²) in [5, 5.41) is 8.47. The van der Waals surface area contributed by atoms with Crippen molar-refractivity contribution in [2.75, 3.05) is 5.32 Å². The number of halogens is 3. The number of nitrogens with zero attached hydrogens (tertiary/aromatic N) is 2. The highest BCUT2D eigenvalue weighted by molar-refractivity contribution is 6.33. The molecule has 102 valence electrons. The normalized spacial score (nSPS) is 10.8. The lowest BCUT2D eigenvalue weighted by atomic mass is 10.2. The van der Waals surface area contributed by atoms with Crippen molar-refractivity contribution in [3.05, 3.63) is 45.4 Å². The number of hydrogen-bond donors (Lipinski definition) is 1. The Kier molecular flexibility index (Phi) is 4.32. The summed E-state index contributed by atoms with van der Waals surface area (Å²) in [4.78, 5) is 0. The van der Waals surface area contributed by atoms with Crippen molar-refractivity contribution in [1.82, 2.24) is 9.78 Å². The van der Waals surface area contributed by atoms with Gasteiger partial charge in [0, 0.05) is 7.05 Å². The van der Waals surface area contributed by atoms with Crippen LogP contribution in [0.3, 0.4) is 0 Å². The molecular formula is C13H14Cl2FN3. The highest BCUT2D eigenvalue weighted by atomic mass is 35.5. The van der Waals surface area contributed by atoms with Crippen LogP contribution in [0.4, 0.5) is 10.1 Å². The van der Waals surface area contributed by atoms with Crippen LogP contribution in [0.1, 0.15) is 18.3 Å². The fourth-order valence-electron chi connectivity index (χ4n) is 1.82. The standard InChI is InChI=1S/C13H14Cl2FN3/c1-3-10-13(15)12(19(2)18-10)7-17-11-5-4-8(16)6-9(11)14/h4-6,17H,3,7H2,1-2H3. The zero-order valence-electron chi connectivity index (χ0n) is 10.7. The van der Waals surface area contributed by atoms with E-state index in [2.05, 4.69) is 10.4 Å². The first kappa shape index (κ1) is 14.2. The third kappa shape index (κ3) is 3.01. The zero-order valence-corrected chi connectivity index (χ0v) is 12.2. The monoisotopic (exact) mass is 301 g/mol. The second-order valence-corrected chi connectivity index (χ2v) is 4.95. The number of aryl methyl sites for hydroxylation is 2. The summed E-state index contributed by atoms with van der Waals surface area (Å²) in [5.74, 6) is -0.359. The van der Waals surface area contributed by atoms with E-state index in [-0.39, 0.29) is 5.82 Å². The number of benzene rings is 1. The maximum absolute atomic E-state index is 12.9. The molecule has 0 unspecified atom stereocenters. The van der Waals surface area contributed by atoms with Crippen LogP contribution in [0.25, 0.3) is 0 Å². The van der Waals surface area contributed by atoms with E-state index in [0.29, 0.717) is 22.3 Å². The summed E-state index contributed by atoms with van der Waals surface area (Å²) in [5.41, 5.74) is 2.41. The maximum atomic E-state index is 12.9. The quantitative estimate of drug-likeness (QED) is 0.923. The molecule has 1 aromatic carbocycles. The molecule has 0 aliphatic rings. The Hall–Kier alpha value is -1.26. The Balaban J connectivity index is 2.16. The molecule has 0 aliphatic heterocycles. The fourth-order valence-corrected chi connectivity index (χ4v) is 2.42. The summed E-state index contributed by atoms with van der Waals surface area (Å²) in [7, 11) is 1.84. The second-order valence-electron chi connectivity index (χ2n) is 4.16. The Bertz CT molecular complexity index is 596. The Labute approximate surface area is 121 Å². The van der Waals surface area contributed by atoms with Crippen LogP contribution in [-0.4, -0.2) is 9.78 Å². The summed E-state index contributed by atoms with van der Waals surface area (Å²) in [6.07, 6.45) is 0.782. The largest absolute Gasteiger partial charge is 0.378 e. The van der Waals surface area contributed by atoms with Gasteiger partial charge < -0.3 is 5.32 Å². The van der Waals surface area contributed by atoms with Gasteiger partial charge in [-0.3, -0.25) is 4.68 Å². The van der Waals surface area contributed by atoms with E-state index in [4.69, 9.17) is 23.2 Å². The first-order chi connectivity index (χ1) is 9.02. The van der Waals surface area contributed by atoms with Gasteiger partial charge in [0.25, 0.3) is 0 Å². The zero-order chi connectivity index (χ0) is 14.0. The van der Waals surface area contributed by atoms with Crippen molar-refractivity contribution in [3.63, 3.8) is 0 Å². The van der Waals surface area contributed by atoms with Gasteiger partial charge in [-0.2, -0.15) is 5.10 Å². The number of aromatic nitrogens is 2. The molecule has 3 nitrogen and oxygen atoms in total. The number of anilines is 1. The Morgan fingerprint density at radius 2 is 2.11 bits per heavy atom. The molecule has 0 radical (unpaired) electrons. The molecule has 0 fully saturated rings. The maximum Gasteiger partial charge on any atom is 0.124 e. The highest BCUT2D eigenvalue weighted by Gasteiger charge is 2.13. The van der Waals surface area contributed by atoms with Gasteiger partial charge in [-0.1, -0.05) is 30.1 Å². The van der Waals surface area contributed by atoms with Crippen LogP contribution in [0.5, 0.6) is 0 Å². The van der Waals surface area contributed by atoms with E-state index in [1.54, 1.807) is 10.7 Å². The van der Waals surface area contributed by atoms with E-state index in [9.17, 15) is 4.39 Å². The van der Waals surface area contributed by atoms with Crippen LogP contribution in [0.15, 0.2) is 18.2 Å². The molecule has 19 heavy (non-hydrogen) atoms. The average Bonchev–Trinajstić information content (AvgIpc) is 2.64. The number of nitrogens with one attached hydrogen (secondary N) is 1. The van der Waals surface area contributed by atoms with Crippen LogP contribution >= 0.6 is 23.2 Å². The molecule has 0 saturated carbocycles. The van der Waals surface area contributed by atoms with Crippen LogP contribution in [-0.2, 0) is 20.0 Å². The third-order valence-corrected chi connectivity index (χ3v) is 3.63. The minimum absolute atomic E-state index is 0.342. The molecule has 0 aliphatic carbocycles. The molecule has 2 aromatic rings. The van der Waals surface area contributed by atoms with Crippen molar-refractivity contribution in [1.29, 1.82) is 0 Å². The predicted octanol–water partition coefficient (Wildman–Crippen LogP) is 4.04. The van der Waals surface area contributed by atoms with E-state index < -0.39 is 0 Å². The Morgan fingerprint density at radius 3 is 2.68 bits per heavy atom. The summed E-state index contributed by atoms with van der Waals surface area (Å²) >= 11 is 12.2. The van der Waals surface area contributed by atoms with Gasteiger partial charge in [-0.15, -0.1) is 0 Å². The Morgan fingerprint density at radius 1 is 1.37 bits per heavy atom. The fraction of sp³-hybridized carbons (Fsp3) is 0.308. The van der Waals surface area contributed by atoms with Crippen molar-refractivity contribution in [2.45, 2.75) is 19.9 Å². The highest BCUT2D eigenvalue weighted by Crippen LogP contribution is 2.25. The lowest BCUT2D eigenvalue weighted by molar-refractivity contribution is 0.628. The smallest absolute Gasteiger partial charge is 0.124 e. The van der Waals surface area contributed by atoms with Crippen molar-refractivity contribution >= 4 is 28.9 Å². The number of hydrogen-bond acceptors (Lipinski definition) is 2. The third-order valence-electron chi connectivity index (χ3n) is 2.88. The molecule has 1 N–H and O–H groups in total. The summed E-state index contributed by atoms with van der Waals surface area (Å²) in [6.45, 7) is 2.48. The summed E-state index contributed by atoms with van der Waals surface area (Å²) < 4.78 is 14.7. The van der Waals surface area contributed by atoms with E-state index in [0.717, 1.165) is 17.8 Å². The topological polar surface area (TPSA) is 29.9 Å². The molecule has 0 bridgehead atoms. The van der Waals surface area contributed by atoms with Gasteiger partial charge in [-0.05, 0) is 24.6 Å². The number of rotatable bonds is 4. The van der Waals surface area contributed by atoms with E-state index in [1.807, 2.05) is 14.0 Å². The van der Waals surface area contributed by atoms with Crippen molar-refractivity contribution in [2.24, 2.45) is 7.05 Å². The lowest BCUT2D eigenvalue weighted by Gasteiger charge is -2.09. The molecule has 1 heterocycles. The minimum Gasteiger partial charge on any atom is -0.378 e. The van der Waals surface area contributed by atoms with Gasteiger partial charge >= 0.3 is 0 Å². The minimum atomic E-state index is -0.359. The van der Waals surface area contributed by atoms with E-state index in [1.165, 1.54) is 12.1 Å². The molecule has 0 amide bonds. The molecular weight excluding hydrogens is 288 g/mol. The van der Waals surface area contributed by atoms with Crippen LogP contribution < -0.4 is 5.32 Å². The van der Waals surface area contributed by atoms with Crippen LogP contribution in [0, 0.1) is 5.82 Å². The second kappa shape index (κ2) is 5.80. The summed E-state index contributed by atoms with van der Waals surface area (Å²) in [6, 6.07) is 4.23. The molecule has 0 spiro atoms. The SMILES string of the molecule is CCc1nn(C)c(CNc2ccc(F)cc2Cl)c1Cl. The van der Waals surface area contributed by atoms with Crippen molar-refractivity contribution < 1.29 is 4.39 Å².